The normalized spacial score (nSPS) is 10.6. The molecule has 5 nitrogen and oxygen atoms in total. The molecule has 0 aliphatic carbocycles. The van der Waals surface area contributed by atoms with Gasteiger partial charge in [0.05, 0.1) is 11.4 Å². The highest BCUT2D eigenvalue weighted by Crippen LogP contribution is 2.27. The van der Waals surface area contributed by atoms with Crippen molar-refractivity contribution in [3.8, 4) is 11.4 Å². The number of anilines is 1. The van der Waals surface area contributed by atoms with Gasteiger partial charge in [-0.05, 0) is 60.5 Å². The number of hydrogen-bond donors (Lipinski definition) is 1. The summed E-state index contributed by atoms with van der Waals surface area (Å²) in [6, 6.07) is 22.9. The average molecular weight is 401 g/mol. The maximum atomic E-state index is 13.1. The molecule has 0 saturated carbocycles. The van der Waals surface area contributed by atoms with E-state index in [0.717, 1.165) is 11.1 Å². The van der Waals surface area contributed by atoms with E-state index in [1.165, 1.54) is 16.8 Å². The van der Waals surface area contributed by atoms with E-state index >= 15 is 0 Å². The van der Waals surface area contributed by atoms with Gasteiger partial charge in [0, 0.05) is 6.20 Å². The lowest BCUT2D eigenvalue weighted by Gasteiger charge is -2.13. The molecular formula is C24H20FN3O2. The van der Waals surface area contributed by atoms with Crippen LogP contribution in [0.3, 0.4) is 0 Å². The van der Waals surface area contributed by atoms with E-state index in [1.807, 2.05) is 55.5 Å². The van der Waals surface area contributed by atoms with Gasteiger partial charge in [-0.25, -0.2) is 9.07 Å². The molecule has 0 radical (unpaired) electrons. The van der Waals surface area contributed by atoms with Crippen molar-refractivity contribution in [1.82, 2.24) is 9.78 Å². The molecule has 0 bridgehead atoms. The number of ether oxygens (including phenoxy) is 1. The van der Waals surface area contributed by atoms with Crippen molar-refractivity contribution < 1.29 is 13.9 Å². The van der Waals surface area contributed by atoms with Crippen molar-refractivity contribution in [2.45, 2.75) is 13.5 Å². The summed E-state index contributed by atoms with van der Waals surface area (Å²) < 4.78 is 20.6. The molecule has 1 N–H and O–H groups in total. The molecule has 30 heavy (non-hydrogen) atoms. The van der Waals surface area contributed by atoms with Crippen molar-refractivity contribution in [2.24, 2.45) is 0 Å². The first-order valence-corrected chi connectivity index (χ1v) is 9.49. The van der Waals surface area contributed by atoms with Crippen LogP contribution in [0, 0.1) is 12.7 Å². The second-order valence-corrected chi connectivity index (χ2v) is 6.85. The van der Waals surface area contributed by atoms with Crippen molar-refractivity contribution >= 4 is 11.6 Å². The lowest BCUT2D eigenvalue weighted by molar-refractivity contribution is 0.102. The molecular weight excluding hydrogens is 381 g/mol. The van der Waals surface area contributed by atoms with Crippen molar-refractivity contribution in [2.75, 3.05) is 5.32 Å². The molecule has 0 spiro atoms. The Morgan fingerprint density at radius 3 is 2.57 bits per heavy atom. The smallest absolute Gasteiger partial charge is 0.276 e. The lowest BCUT2D eigenvalue weighted by Crippen LogP contribution is -2.14. The number of benzene rings is 3. The van der Waals surface area contributed by atoms with Gasteiger partial charge in [0.15, 0.2) is 5.69 Å². The second kappa shape index (κ2) is 8.61. The van der Waals surface area contributed by atoms with Crippen LogP contribution in [0.5, 0.6) is 5.75 Å². The molecule has 0 aliphatic rings. The Hall–Kier alpha value is -3.93. The van der Waals surface area contributed by atoms with E-state index in [4.69, 9.17) is 4.74 Å². The van der Waals surface area contributed by atoms with Crippen LogP contribution >= 0.6 is 0 Å². The second-order valence-electron chi connectivity index (χ2n) is 6.85. The first-order valence-electron chi connectivity index (χ1n) is 9.49. The number of aryl methyl sites for hydroxylation is 1. The van der Waals surface area contributed by atoms with Gasteiger partial charge in [-0.2, -0.15) is 5.10 Å². The summed E-state index contributed by atoms with van der Waals surface area (Å²) in [4.78, 5) is 12.7. The van der Waals surface area contributed by atoms with E-state index in [0.29, 0.717) is 23.7 Å². The van der Waals surface area contributed by atoms with Gasteiger partial charge in [-0.3, -0.25) is 4.79 Å². The number of carbonyl (C=O) groups excluding carboxylic acids is 1. The van der Waals surface area contributed by atoms with E-state index in [-0.39, 0.29) is 17.4 Å². The lowest BCUT2D eigenvalue weighted by atomic mass is 10.2. The molecule has 0 atom stereocenters. The Bertz CT molecular complexity index is 1150. The molecule has 4 aromatic rings. The highest BCUT2D eigenvalue weighted by Gasteiger charge is 2.14. The maximum Gasteiger partial charge on any atom is 0.276 e. The Morgan fingerprint density at radius 1 is 1.03 bits per heavy atom. The Balaban J connectivity index is 1.50. The summed E-state index contributed by atoms with van der Waals surface area (Å²) in [7, 11) is 0. The van der Waals surface area contributed by atoms with Crippen molar-refractivity contribution in [3.05, 3.63) is 108 Å². The van der Waals surface area contributed by atoms with Gasteiger partial charge in [-0.15, -0.1) is 0 Å². The van der Waals surface area contributed by atoms with Gasteiger partial charge in [0.2, 0.25) is 0 Å². The van der Waals surface area contributed by atoms with Gasteiger partial charge in [0.25, 0.3) is 5.91 Å². The highest BCUT2D eigenvalue weighted by molar-refractivity contribution is 6.03. The Labute approximate surface area is 173 Å². The number of nitrogens with one attached hydrogen (secondary N) is 1. The van der Waals surface area contributed by atoms with Crippen LogP contribution in [0.25, 0.3) is 5.69 Å². The third-order valence-corrected chi connectivity index (χ3v) is 4.54. The van der Waals surface area contributed by atoms with Gasteiger partial charge >= 0.3 is 0 Å². The molecule has 6 heteroatoms. The minimum Gasteiger partial charge on any atom is -0.487 e. The van der Waals surface area contributed by atoms with Crippen molar-refractivity contribution in [3.63, 3.8) is 0 Å². The van der Waals surface area contributed by atoms with E-state index in [2.05, 4.69) is 10.4 Å². The van der Waals surface area contributed by atoms with Crippen LogP contribution in [0.4, 0.5) is 10.1 Å². The third-order valence-electron chi connectivity index (χ3n) is 4.54. The predicted molar refractivity (Wildman–Crippen MR) is 113 cm³/mol. The van der Waals surface area contributed by atoms with Crippen LogP contribution in [-0.4, -0.2) is 15.7 Å². The zero-order valence-corrected chi connectivity index (χ0v) is 16.4. The average Bonchev–Trinajstić information content (AvgIpc) is 3.25. The number of rotatable bonds is 6. The summed E-state index contributed by atoms with van der Waals surface area (Å²) in [6.45, 7) is 2.36. The molecule has 4 rings (SSSR count). The molecule has 0 saturated heterocycles. The van der Waals surface area contributed by atoms with Gasteiger partial charge in [0.1, 0.15) is 18.2 Å². The van der Waals surface area contributed by atoms with Crippen LogP contribution in [-0.2, 0) is 6.61 Å². The topological polar surface area (TPSA) is 56.2 Å². The van der Waals surface area contributed by atoms with Gasteiger partial charge in [-0.1, -0.05) is 36.4 Å². The number of carbonyl (C=O) groups is 1. The van der Waals surface area contributed by atoms with Crippen LogP contribution in [0.15, 0.2) is 85.1 Å². The zero-order valence-electron chi connectivity index (χ0n) is 16.4. The minimum absolute atomic E-state index is 0.244. The van der Waals surface area contributed by atoms with Crippen molar-refractivity contribution in [1.29, 1.82) is 0 Å². The molecule has 0 aliphatic heterocycles. The van der Waals surface area contributed by atoms with Crippen LogP contribution in [0.1, 0.15) is 21.6 Å². The SMILES string of the molecule is Cc1ccc(NC(=O)c2ccn(-c3ccc(F)cc3)n2)c(OCc2ccccc2)c1. The maximum absolute atomic E-state index is 13.1. The fraction of sp³-hybridized carbons (Fsp3) is 0.0833. The minimum atomic E-state index is -0.357. The number of halogens is 1. The number of nitrogens with zero attached hydrogens (tertiary/aromatic N) is 2. The monoisotopic (exact) mass is 401 g/mol. The first kappa shape index (κ1) is 19.4. The number of amides is 1. The molecule has 1 aromatic heterocycles. The molecule has 1 heterocycles. The molecule has 0 unspecified atom stereocenters. The summed E-state index contributed by atoms with van der Waals surface area (Å²) in [5.74, 6) is -0.0966. The molecule has 0 fully saturated rings. The predicted octanol–water partition coefficient (Wildman–Crippen LogP) is 5.15. The van der Waals surface area contributed by atoms with Crippen LogP contribution < -0.4 is 10.1 Å². The summed E-state index contributed by atoms with van der Waals surface area (Å²) in [5, 5.41) is 7.15. The fourth-order valence-electron chi connectivity index (χ4n) is 2.96. The quantitative estimate of drug-likeness (QED) is 0.486. The Kier molecular flexibility index (Phi) is 5.57. The number of aromatic nitrogens is 2. The zero-order chi connectivity index (χ0) is 20.9. The highest BCUT2D eigenvalue weighted by atomic mass is 19.1. The Morgan fingerprint density at radius 2 is 1.80 bits per heavy atom. The van der Waals surface area contributed by atoms with E-state index in [1.54, 1.807) is 24.4 Å². The van der Waals surface area contributed by atoms with E-state index < -0.39 is 0 Å². The summed E-state index contributed by atoms with van der Waals surface area (Å²) in [6.07, 6.45) is 1.66. The number of hydrogen-bond acceptors (Lipinski definition) is 3. The summed E-state index contributed by atoms with van der Waals surface area (Å²) >= 11 is 0. The summed E-state index contributed by atoms with van der Waals surface area (Å²) in [5.41, 5.74) is 3.54. The molecule has 150 valence electrons. The first-order chi connectivity index (χ1) is 14.6. The third kappa shape index (κ3) is 4.55. The molecule has 3 aromatic carbocycles. The standard InChI is InChI=1S/C24H20FN3O2/c1-17-7-12-21(23(15-17)30-16-18-5-3-2-4-6-18)26-24(29)22-13-14-28(27-22)20-10-8-19(25)9-11-20/h2-15H,16H2,1H3,(H,26,29). The fourth-order valence-corrected chi connectivity index (χ4v) is 2.96. The largest absolute Gasteiger partial charge is 0.487 e. The van der Waals surface area contributed by atoms with Gasteiger partial charge < -0.3 is 10.1 Å². The van der Waals surface area contributed by atoms with E-state index in [9.17, 15) is 9.18 Å². The molecule has 1 amide bonds. The van der Waals surface area contributed by atoms with Crippen LogP contribution in [0.2, 0.25) is 0 Å².